The Morgan fingerprint density at radius 2 is 1.88 bits per heavy atom. The summed E-state index contributed by atoms with van der Waals surface area (Å²) in [5.41, 5.74) is 0.541. The van der Waals surface area contributed by atoms with Crippen molar-refractivity contribution in [1.29, 1.82) is 0 Å². The molecule has 2 aromatic rings. The number of hydrogen-bond donors (Lipinski definition) is 2. The van der Waals surface area contributed by atoms with Crippen LogP contribution in [0.4, 0.5) is 4.39 Å². The van der Waals surface area contributed by atoms with Crippen LogP contribution in [0.15, 0.2) is 41.0 Å². The first kappa shape index (κ1) is 11.3. The highest BCUT2D eigenvalue weighted by Crippen LogP contribution is 2.26. The molecule has 0 saturated carbocycles. The maximum absolute atomic E-state index is 12.7. The monoisotopic (exact) mass is 236 g/mol. The van der Waals surface area contributed by atoms with Crippen LogP contribution < -0.4 is 0 Å². The Kier molecular flexibility index (Phi) is 2.93. The normalized spacial score (nSPS) is 12.4. The third-order valence-electron chi connectivity index (χ3n) is 2.37. The van der Waals surface area contributed by atoms with Crippen LogP contribution in [0.25, 0.3) is 0 Å². The van der Waals surface area contributed by atoms with E-state index in [2.05, 4.69) is 0 Å². The van der Waals surface area contributed by atoms with Gasteiger partial charge >= 0.3 is 5.97 Å². The van der Waals surface area contributed by atoms with Crippen LogP contribution in [0.3, 0.4) is 0 Å². The van der Waals surface area contributed by atoms with E-state index in [0.717, 1.165) is 0 Å². The number of rotatable bonds is 3. The summed E-state index contributed by atoms with van der Waals surface area (Å²) in [6.45, 7) is 0. The summed E-state index contributed by atoms with van der Waals surface area (Å²) >= 11 is 0. The van der Waals surface area contributed by atoms with Gasteiger partial charge < -0.3 is 14.6 Å². The molecule has 1 atom stereocenters. The van der Waals surface area contributed by atoms with Gasteiger partial charge in [-0.2, -0.15) is 0 Å². The number of carbonyl (C=O) groups is 1. The smallest absolute Gasteiger partial charge is 0.372 e. The molecule has 2 N–H and O–H groups in total. The van der Waals surface area contributed by atoms with Crippen LogP contribution >= 0.6 is 0 Å². The Morgan fingerprint density at radius 1 is 1.24 bits per heavy atom. The van der Waals surface area contributed by atoms with Crippen LogP contribution in [-0.2, 0) is 0 Å². The first-order valence-corrected chi connectivity index (χ1v) is 4.84. The van der Waals surface area contributed by atoms with Crippen molar-refractivity contribution in [2.75, 3.05) is 0 Å². The Balaban J connectivity index is 2.36. The summed E-state index contributed by atoms with van der Waals surface area (Å²) in [6, 6.07) is 6.53. The van der Waals surface area contributed by atoms with Gasteiger partial charge in [-0.3, -0.25) is 0 Å². The molecule has 1 unspecified atom stereocenters. The lowest BCUT2D eigenvalue weighted by Crippen LogP contribution is -2.05. The number of benzene rings is 1. The summed E-state index contributed by atoms with van der Waals surface area (Å²) in [5.74, 6) is -2.00. The number of aliphatic hydroxyl groups is 1. The Morgan fingerprint density at radius 3 is 2.47 bits per heavy atom. The lowest BCUT2D eigenvalue weighted by atomic mass is 10.0. The van der Waals surface area contributed by atoms with E-state index in [9.17, 15) is 14.3 Å². The first-order valence-electron chi connectivity index (χ1n) is 4.84. The maximum atomic E-state index is 12.7. The first-order chi connectivity index (χ1) is 8.09. The van der Waals surface area contributed by atoms with Gasteiger partial charge in [0, 0.05) is 5.56 Å². The van der Waals surface area contributed by atoms with Crippen molar-refractivity contribution in [1.82, 2.24) is 0 Å². The minimum absolute atomic E-state index is 0.143. The molecule has 0 aliphatic carbocycles. The standard InChI is InChI=1S/C12H9FO4/c13-8-3-1-7(2-4-8)10(14)9-5-6-17-11(9)12(15)16/h1-6,10,14H,(H,15,16). The summed E-state index contributed by atoms with van der Waals surface area (Å²) in [6.07, 6.45) is 0.0337. The third-order valence-corrected chi connectivity index (χ3v) is 2.37. The topological polar surface area (TPSA) is 70.7 Å². The fourth-order valence-electron chi connectivity index (χ4n) is 1.53. The number of aromatic carboxylic acids is 1. The van der Waals surface area contributed by atoms with E-state index in [1.807, 2.05) is 0 Å². The highest BCUT2D eigenvalue weighted by Gasteiger charge is 2.21. The van der Waals surface area contributed by atoms with E-state index in [0.29, 0.717) is 5.56 Å². The number of carboxylic acids is 1. The van der Waals surface area contributed by atoms with Crippen molar-refractivity contribution in [3.63, 3.8) is 0 Å². The van der Waals surface area contributed by atoms with Gasteiger partial charge in [0.05, 0.1) is 6.26 Å². The Hall–Kier alpha value is -2.14. The molecule has 88 valence electrons. The summed E-state index contributed by atoms with van der Waals surface area (Å²) < 4.78 is 17.5. The number of hydrogen-bond acceptors (Lipinski definition) is 3. The molecule has 1 aromatic heterocycles. The average molecular weight is 236 g/mol. The predicted molar refractivity (Wildman–Crippen MR) is 56.1 cm³/mol. The molecular formula is C12H9FO4. The maximum Gasteiger partial charge on any atom is 0.372 e. The highest BCUT2D eigenvalue weighted by atomic mass is 19.1. The van der Waals surface area contributed by atoms with Crippen LogP contribution in [0.5, 0.6) is 0 Å². The van der Waals surface area contributed by atoms with Crippen molar-refractivity contribution in [2.24, 2.45) is 0 Å². The van der Waals surface area contributed by atoms with Crippen molar-refractivity contribution >= 4 is 5.97 Å². The zero-order chi connectivity index (χ0) is 12.4. The SMILES string of the molecule is O=C(O)c1occc1C(O)c1ccc(F)cc1. The molecule has 0 saturated heterocycles. The Bertz CT molecular complexity index is 530. The molecule has 1 heterocycles. The molecule has 0 radical (unpaired) electrons. The molecule has 17 heavy (non-hydrogen) atoms. The van der Waals surface area contributed by atoms with Gasteiger partial charge in [-0.05, 0) is 23.8 Å². The third kappa shape index (κ3) is 2.19. The van der Waals surface area contributed by atoms with Gasteiger partial charge in [0.1, 0.15) is 11.9 Å². The van der Waals surface area contributed by atoms with Crippen molar-refractivity contribution in [3.05, 3.63) is 59.3 Å². The number of aliphatic hydroxyl groups excluding tert-OH is 1. The van der Waals surface area contributed by atoms with E-state index in [-0.39, 0.29) is 11.3 Å². The number of carboxylic acid groups (broad SMARTS) is 1. The van der Waals surface area contributed by atoms with Crippen molar-refractivity contribution in [3.8, 4) is 0 Å². The van der Waals surface area contributed by atoms with Crippen LogP contribution in [-0.4, -0.2) is 16.2 Å². The summed E-state index contributed by atoms with van der Waals surface area (Å²) in [4.78, 5) is 10.8. The second-order valence-corrected chi connectivity index (χ2v) is 3.46. The lowest BCUT2D eigenvalue weighted by molar-refractivity contribution is 0.0655. The number of halogens is 1. The molecular weight excluding hydrogens is 227 g/mol. The van der Waals surface area contributed by atoms with Gasteiger partial charge in [0.2, 0.25) is 5.76 Å². The molecule has 0 aliphatic rings. The van der Waals surface area contributed by atoms with E-state index >= 15 is 0 Å². The van der Waals surface area contributed by atoms with Gasteiger partial charge in [0.25, 0.3) is 0 Å². The summed E-state index contributed by atoms with van der Waals surface area (Å²) in [7, 11) is 0. The van der Waals surface area contributed by atoms with Gasteiger partial charge in [-0.15, -0.1) is 0 Å². The summed E-state index contributed by atoms with van der Waals surface area (Å²) in [5, 5.41) is 18.8. The molecule has 2 rings (SSSR count). The fourth-order valence-corrected chi connectivity index (χ4v) is 1.53. The zero-order valence-corrected chi connectivity index (χ0v) is 8.63. The lowest BCUT2D eigenvalue weighted by Gasteiger charge is -2.09. The predicted octanol–water partition coefficient (Wildman–Crippen LogP) is 2.20. The quantitative estimate of drug-likeness (QED) is 0.857. The van der Waals surface area contributed by atoms with Crippen LogP contribution in [0, 0.1) is 5.82 Å². The fraction of sp³-hybridized carbons (Fsp3) is 0.0833. The van der Waals surface area contributed by atoms with Crippen LogP contribution in [0.1, 0.15) is 27.8 Å². The molecule has 4 nitrogen and oxygen atoms in total. The van der Waals surface area contributed by atoms with Crippen LogP contribution in [0.2, 0.25) is 0 Å². The minimum atomic E-state index is -1.26. The minimum Gasteiger partial charge on any atom is -0.475 e. The van der Waals surface area contributed by atoms with Gasteiger partial charge in [-0.25, -0.2) is 9.18 Å². The van der Waals surface area contributed by atoms with Gasteiger partial charge in [-0.1, -0.05) is 12.1 Å². The molecule has 5 heteroatoms. The largest absolute Gasteiger partial charge is 0.475 e. The second-order valence-electron chi connectivity index (χ2n) is 3.46. The molecule has 1 aromatic carbocycles. The van der Waals surface area contributed by atoms with E-state index in [4.69, 9.17) is 9.52 Å². The van der Waals surface area contributed by atoms with Gasteiger partial charge in [0.15, 0.2) is 0 Å². The van der Waals surface area contributed by atoms with E-state index < -0.39 is 17.9 Å². The number of furan rings is 1. The molecule has 0 aliphatic heterocycles. The van der Waals surface area contributed by atoms with Crippen molar-refractivity contribution in [2.45, 2.75) is 6.10 Å². The highest BCUT2D eigenvalue weighted by molar-refractivity contribution is 5.86. The average Bonchev–Trinajstić information content (AvgIpc) is 2.78. The molecule has 0 amide bonds. The second kappa shape index (κ2) is 4.39. The molecule has 0 spiro atoms. The molecule has 0 bridgehead atoms. The van der Waals surface area contributed by atoms with E-state index in [1.54, 1.807) is 0 Å². The molecule has 0 fully saturated rings. The zero-order valence-electron chi connectivity index (χ0n) is 8.63. The van der Waals surface area contributed by atoms with Crippen molar-refractivity contribution < 1.29 is 23.8 Å². The Labute approximate surface area is 95.9 Å². The van der Waals surface area contributed by atoms with E-state index in [1.165, 1.54) is 36.6 Å².